The predicted octanol–water partition coefficient (Wildman–Crippen LogP) is 3.10. The molecule has 0 spiro atoms. The van der Waals surface area contributed by atoms with Crippen molar-refractivity contribution in [2.24, 2.45) is 0 Å². The summed E-state index contributed by atoms with van der Waals surface area (Å²) in [7, 11) is 0. The molecule has 1 amide bonds. The zero-order valence-electron chi connectivity index (χ0n) is 16.8. The summed E-state index contributed by atoms with van der Waals surface area (Å²) in [6.45, 7) is 4.26. The number of nitrogens with zero attached hydrogens (tertiary/aromatic N) is 3. The molecule has 0 saturated carbocycles. The number of hydrogen-bond donors (Lipinski definition) is 2. The lowest BCUT2D eigenvalue weighted by molar-refractivity contribution is 0.0948. The van der Waals surface area contributed by atoms with Gasteiger partial charge in [0, 0.05) is 23.9 Å². The SMILES string of the molecule is CCOc1ccc(-c2cncc(C(=O)NCCc3cc(C(C)O)cnc3F)n2)cc1. The third-order valence-corrected chi connectivity index (χ3v) is 4.42. The van der Waals surface area contributed by atoms with Crippen molar-refractivity contribution < 1.29 is 19.0 Å². The number of amides is 1. The predicted molar refractivity (Wildman–Crippen MR) is 110 cm³/mol. The van der Waals surface area contributed by atoms with E-state index in [9.17, 15) is 14.3 Å². The summed E-state index contributed by atoms with van der Waals surface area (Å²) in [5.74, 6) is -0.272. The van der Waals surface area contributed by atoms with Crippen LogP contribution in [0.25, 0.3) is 11.3 Å². The molecule has 0 bridgehead atoms. The standard InChI is InChI=1S/C22H23FN4O3/c1-3-30-18-6-4-15(5-7-18)19-12-24-13-20(27-19)22(29)25-9-8-16-10-17(14(2)28)11-26-21(16)23/h4-7,10-14,28H,3,8-9H2,1-2H3,(H,25,29). The molecule has 156 valence electrons. The first-order valence-corrected chi connectivity index (χ1v) is 9.63. The smallest absolute Gasteiger partial charge is 0.271 e. The van der Waals surface area contributed by atoms with Gasteiger partial charge in [-0.05, 0) is 56.2 Å². The van der Waals surface area contributed by atoms with Crippen molar-refractivity contribution in [1.29, 1.82) is 0 Å². The second kappa shape index (κ2) is 9.89. The molecule has 7 nitrogen and oxygen atoms in total. The highest BCUT2D eigenvalue weighted by Crippen LogP contribution is 2.20. The fourth-order valence-corrected chi connectivity index (χ4v) is 2.82. The van der Waals surface area contributed by atoms with E-state index < -0.39 is 18.0 Å². The van der Waals surface area contributed by atoms with Gasteiger partial charge in [0.15, 0.2) is 0 Å². The minimum Gasteiger partial charge on any atom is -0.494 e. The maximum absolute atomic E-state index is 13.9. The van der Waals surface area contributed by atoms with Crippen LogP contribution in [0.4, 0.5) is 4.39 Å². The number of rotatable bonds is 8. The average molecular weight is 410 g/mol. The van der Waals surface area contributed by atoms with E-state index >= 15 is 0 Å². The molecule has 3 aromatic rings. The van der Waals surface area contributed by atoms with Crippen LogP contribution in [0.3, 0.4) is 0 Å². The molecule has 3 rings (SSSR count). The first-order valence-electron chi connectivity index (χ1n) is 9.63. The third-order valence-electron chi connectivity index (χ3n) is 4.42. The number of carbonyl (C=O) groups is 1. The Morgan fingerprint density at radius 3 is 2.70 bits per heavy atom. The van der Waals surface area contributed by atoms with Crippen molar-refractivity contribution in [1.82, 2.24) is 20.3 Å². The van der Waals surface area contributed by atoms with Gasteiger partial charge in [0.2, 0.25) is 5.95 Å². The van der Waals surface area contributed by atoms with E-state index in [1.165, 1.54) is 12.4 Å². The molecule has 0 radical (unpaired) electrons. The van der Waals surface area contributed by atoms with Gasteiger partial charge in [-0.15, -0.1) is 0 Å². The van der Waals surface area contributed by atoms with Crippen molar-refractivity contribution in [2.75, 3.05) is 13.2 Å². The molecule has 8 heteroatoms. The Balaban J connectivity index is 1.64. The van der Waals surface area contributed by atoms with Gasteiger partial charge >= 0.3 is 0 Å². The van der Waals surface area contributed by atoms with Gasteiger partial charge in [-0.2, -0.15) is 4.39 Å². The van der Waals surface area contributed by atoms with E-state index in [1.54, 1.807) is 19.2 Å². The Morgan fingerprint density at radius 1 is 1.23 bits per heavy atom. The molecule has 1 aromatic carbocycles. The van der Waals surface area contributed by atoms with Crippen LogP contribution in [0, 0.1) is 5.95 Å². The van der Waals surface area contributed by atoms with Crippen LogP contribution < -0.4 is 10.1 Å². The first kappa shape index (κ1) is 21.3. The number of halogens is 1. The Morgan fingerprint density at radius 2 is 2.00 bits per heavy atom. The van der Waals surface area contributed by atoms with E-state index in [0.717, 1.165) is 11.3 Å². The van der Waals surface area contributed by atoms with Gasteiger partial charge < -0.3 is 15.2 Å². The Hall–Kier alpha value is -3.39. The fourth-order valence-electron chi connectivity index (χ4n) is 2.82. The van der Waals surface area contributed by atoms with Crippen LogP contribution in [0.1, 0.15) is 41.6 Å². The monoisotopic (exact) mass is 410 g/mol. The molecule has 0 fully saturated rings. The molecule has 1 atom stereocenters. The summed E-state index contributed by atoms with van der Waals surface area (Å²) < 4.78 is 19.3. The van der Waals surface area contributed by atoms with Gasteiger partial charge in [-0.25, -0.2) is 9.97 Å². The van der Waals surface area contributed by atoms with Gasteiger partial charge in [0.25, 0.3) is 5.91 Å². The van der Waals surface area contributed by atoms with Crippen molar-refractivity contribution in [3.05, 3.63) is 71.7 Å². The summed E-state index contributed by atoms with van der Waals surface area (Å²) >= 11 is 0. The van der Waals surface area contributed by atoms with Crippen molar-refractivity contribution in [2.45, 2.75) is 26.4 Å². The van der Waals surface area contributed by atoms with Crippen LogP contribution >= 0.6 is 0 Å². The van der Waals surface area contributed by atoms with Crippen LogP contribution in [-0.4, -0.2) is 39.1 Å². The minimum absolute atomic E-state index is 0.165. The highest BCUT2D eigenvalue weighted by Gasteiger charge is 2.12. The highest BCUT2D eigenvalue weighted by molar-refractivity contribution is 5.92. The number of aliphatic hydroxyl groups excluding tert-OH is 1. The lowest BCUT2D eigenvalue weighted by Crippen LogP contribution is -2.27. The van der Waals surface area contributed by atoms with Crippen LogP contribution in [0.15, 0.2) is 48.9 Å². The largest absolute Gasteiger partial charge is 0.494 e. The molecular formula is C22H23FN4O3. The Bertz CT molecular complexity index is 1010. The zero-order valence-corrected chi connectivity index (χ0v) is 16.8. The quantitative estimate of drug-likeness (QED) is 0.554. The number of hydrogen-bond acceptors (Lipinski definition) is 6. The topological polar surface area (TPSA) is 97.2 Å². The molecule has 1 unspecified atom stereocenters. The lowest BCUT2D eigenvalue weighted by atomic mass is 10.1. The Kier molecular flexibility index (Phi) is 7.03. The summed E-state index contributed by atoms with van der Waals surface area (Å²) in [6, 6.07) is 8.91. The van der Waals surface area contributed by atoms with Crippen molar-refractivity contribution in [3.8, 4) is 17.0 Å². The number of carbonyl (C=O) groups excluding carboxylic acids is 1. The van der Waals surface area contributed by atoms with E-state index in [2.05, 4.69) is 20.3 Å². The third kappa shape index (κ3) is 5.36. The van der Waals surface area contributed by atoms with Crippen molar-refractivity contribution >= 4 is 5.91 Å². The first-order chi connectivity index (χ1) is 14.5. The molecule has 2 N–H and O–H groups in total. The molecule has 0 aliphatic heterocycles. The fraction of sp³-hybridized carbons (Fsp3) is 0.273. The molecule has 30 heavy (non-hydrogen) atoms. The van der Waals surface area contributed by atoms with Gasteiger partial charge in [0.1, 0.15) is 11.4 Å². The van der Waals surface area contributed by atoms with Crippen LogP contribution in [-0.2, 0) is 6.42 Å². The van der Waals surface area contributed by atoms with Crippen molar-refractivity contribution in [3.63, 3.8) is 0 Å². The number of nitrogens with one attached hydrogen (secondary N) is 1. The maximum Gasteiger partial charge on any atom is 0.271 e. The normalized spacial score (nSPS) is 11.7. The van der Waals surface area contributed by atoms with Gasteiger partial charge in [0.05, 0.1) is 30.8 Å². The van der Waals surface area contributed by atoms with Gasteiger partial charge in [-0.1, -0.05) is 0 Å². The number of aliphatic hydroxyl groups is 1. The van der Waals surface area contributed by atoms with E-state index in [1.807, 2.05) is 31.2 Å². The summed E-state index contributed by atoms with van der Waals surface area (Å²) in [4.78, 5) is 24.5. The molecule has 2 aromatic heterocycles. The van der Waals surface area contributed by atoms with Crippen LogP contribution in [0.5, 0.6) is 5.75 Å². The molecule has 0 aliphatic carbocycles. The summed E-state index contributed by atoms with van der Waals surface area (Å²) in [5.41, 5.74) is 2.38. The molecule has 0 saturated heterocycles. The van der Waals surface area contributed by atoms with Crippen LogP contribution in [0.2, 0.25) is 0 Å². The summed E-state index contributed by atoms with van der Waals surface area (Å²) in [6.07, 6.45) is 3.74. The van der Waals surface area contributed by atoms with E-state index in [-0.39, 0.29) is 18.7 Å². The second-order valence-electron chi connectivity index (χ2n) is 6.65. The van der Waals surface area contributed by atoms with Gasteiger partial charge in [-0.3, -0.25) is 9.78 Å². The second-order valence-corrected chi connectivity index (χ2v) is 6.65. The maximum atomic E-state index is 13.9. The average Bonchev–Trinajstić information content (AvgIpc) is 2.75. The molecule has 0 aliphatic rings. The molecule has 2 heterocycles. The van der Waals surface area contributed by atoms with E-state index in [4.69, 9.17) is 4.74 Å². The Labute approximate surface area is 174 Å². The van der Waals surface area contributed by atoms with E-state index in [0.29, 0.717) is 23.4 Å². The minimum atomic E-state index is -0.743. The molecular weight excluding hydrogens is 387 g/mol. The zero-order chi connectivity index (χ0) is 21.5. The number of aromatic nitrogens is 3. The highest BCUT2D eigenvalue weighted by atomic mass is 19.1. The number of pyridine rings is 1. The number of ether oxygens (including phenoxy) is 1. The summed E-state index contributed by atoms with van der Waals surface area (Å²) in [5, 5.41) is 12.3. The number of benzene rings is 1. The lowest BCUT2D eigenvalue weighted by Gasteiger charge is -2.09.